The van der Waals surface area contributed by atoms with Crippen LogP contribution in [0.5, 0.6) is 0 Å². The van der Waals surface area contributed by atoms with Crippen LogP contribution < -0.4 is 5.32 Å². The number of benzene rings is 2. The first-order valence-electron chi connectivity index (χ1n) is 8.86. The summed E-state index contributed by atoms with van der Waals surface area (Å²) in [4.78, 5) is 14.3. The van der Waals surface area contributed by atoms with Crippen LogP contribution in [-0.2, 0) is 6.18 Å². The maximum atomic E-state index is 12.7. The number of hydrogen-bond acceptors (Lipinski definition) is 4. The number of amides is 2. The number of nitrogens with zero attached hydrogens (tertiary/aromatic N) is 3. The summed E-state index contributed by atoms with van der Waals surface area (Å²) in [6, 6.07) is 13.0. The van der Waals surface area contributed by atoms with Gasteiger partial charge in [-0.1, -0.05) is 36.4 Å². The molecule has 1 aliphatic rings. The fraction of sp³-hybridized carbons (Fsp3) is 0.316. The van der Waals surface area contributed by atoms with Crippen molar-refractivity contribution in [2.24, 2.45) is 0 Å². The average Bonchev–Trinajstić information content (AvgIpc) is 3.19. The van der Waals surface area contributed by atoms with Gasteiger partial charge in [-0.15, -0.1) is 10.2 Å². The summed E-state index contributed by atoms with van der Waals surface area (Å²) in [5, 5.41) is 11.4. The normalized spacial score (nSPS) is 17.7. The van der Waals surface area contributed by atoms with Crippen molar-refractivity contribution >= 4 is 22.5 Å². The number of carbonyl (C=O) groups excluding carboxylic acids is 1. The highest BCUT2D eigenvalue weighted by Crippen LogP contribution is 2.32. The van der Waals surface area contributed by atoms with E-state index in [0.717, 1.165) is 10.8 Å². The fourth-order valence-electron chi connectivity index (χ4n) is 3.41. The molecule has 4 rings (SSSR count). The van der Waals surface area contributed by atoms with Gasteiger partial charge < -0.3 is 14.6 Å². The number of rotatable bonds is 2. The minimum Gasteiger partial charge on any atom is -0.417 e. The first-order valence-corrected chi connectivity index (χ1v) is 8.86. The Hall–Kier alpha value is -3.10. The molecule has 146 valence electrons. The fourth-order valence-corrected chi connectivity index (χ4v) is 3.41. The van der Waals surface area contributed by atoms with Crippen molar-refractivity contribution in [1.82, 2.24) is 15.1 Å². The number of anilines is 1. The van der Waals surface area contributed by atoms with Crippen LogP contribution in [0.2, 0.25) is 0 Å². The van der Waals surface area contributed by atoms with E-state index in [4.69, 9.17) is 4.42 Å². The van der Waals surface area contributed by atoms with Gasteiger partial charge >= 0.3 is 18.1 Å². The van der Waals surface area contributed by atoms with Crippen molar-refractivity contribution in [3.8, 4) is 0 Å². The highest BCUT2D eigenvalue weighted by atomic mass is 19.4. The molecule has 0 spiro atoms. The van der Waals surface area contributed by atoms with E-state index in [1.165, 1.54) is 0 Å². The lowest BCUT2D eigenvalue weighted by Gasteiger charge is -2.31. The van der Waals surface area contributed by atoms with E-state index in [1.54, 1.807) is 4.90 Å². The van der Waals surface area contributed by atoms with Crippen LogP contribution in [0.25, 0.3) is 10.8 Å². The number of likely N-dealkylation sites (tertiary alicyclic amines) is 1. The number of carbonyl (C=O) groups is 1. The summed E-state index contributed by atoms with van der Waals surface area (Å²) >= 11 is 0. The number of urea groups is 1. The van der Waals surface area contributed by atoms with Crippen LogP contribution in [0.3, 0.4) is 0 Å². The van der Waals surface area contributed by atoms with E-state index in [2.05, 4.69) is 15.5 Å². The molecular formula is C19H17F3N4O2. The van der Waals surface area contributed by atoms with Crippen molar-refractivity contribution < 1.29 is 22.4 Å². The SMILES string of the molecule is O=C(Nc1cccc2ccccc12)N1CCCC(c2nnc(C(F)(F)F)o2)C1. The third kappa shape index (κ3) is 3.64. The van der Waals surface area contributed by atoms with Gasteiger partial charge in [-0.2, -0.15) is 13.2 Å². The smallest absolute Gasteiger partial charge is 0.417 e. The molecule has 2 aromatic carbocycles. The van der Waals surface area contributed by atoms with Crippen LogP contribution >= 0.6 is 0 Å². The van der Waals surface area contributed by atoms with Crippen molar-refractivity contribution in [2.75, 3.05) is 18.4 Å². The Morgan fingerprint density at radius 1 is 1.14 bits per heavy atom. The molecule has 6 nitrogen and oxygen atoms in total. The minimum atomic E-state index is -4.68. The number of nitrogens with one attached hydrogen (secondary N) is 1. The Balaban J connectivity index is 1.48. The third-order valence-corrected chi connectivity index (χ3v) is 4.77. The maximum Gasteiger partial charge on any atom is 0.470 e. The van der Waals surface area contributed by atoms with Crippen molar-refractivity contribution in [3.63, 3.8) is 0 Å². The second-order valence-corrected chi connectivity index (χ2v) is 6.69. The Morgan fingerprint density at radius 2 is 1.93 bits per heavy atom. The van der Waals surface area contributed by atoms with Crippen LogP contribution in [0.15, 0.2) is 46.9 Å². The van der Waals surface area contributed by atoms with E-state index in [-0.39, 0.29) is 18.5 Å². The molecule has 1 saturated heterocycles. The number of hydrogen-bond donors (Lipinski definition) is 1. The Morgan fingerprint density at radius 3 is 2.71 bits per heavy atom. The first kappa shape index (κ1) is 18.3. The lowest BCUT2D eigenvalue weighted by molar-refractivity contribution is -0.157. The second kappa shape index (κ2) is 7.14. The molecular weight excluding hydrogens is 373 g/mol. The van der Waals surface area contributed by atoms with Gasteiger partial charge in [-0.3, -0.25) is 0 Å². The third-order valence-electron chi connectivity index (χ3n) is 4.77. The predicted octanol–water partition coefficient (Wildman–Crippen LogP) is 4.65. The number of halogens is 3. The molecule has 2 heterocycles. The zero-order valence-corrected chi connectivity index (χ0v) is 14.7. The van der Waals surface area contributed by atoms with E-state index < -0.39 is 18.0 Å². The van der Waals surface area contributed by atoms with E-state index in [9.17, 15) is 18.0 Å². The van der Waals surface area contributed by atoms with E-state index in [1.807, 2.05) is 42.5 Å². The predicted molar refractivity (Wildman–Crippen MR) is 95.8 cm³/mol. The van der Waals surface area contributed by atoms with Crippen LogP contribution in [0.4, 0.5) is 23.7 Å². The molecule has 1 atom stereocenters. The van der Waals surface area contributed by atoms with E-state index >= 15 is 0 Å². The molecule has 1 N–H and O–H groups in total. The number of aromatic nitrogens is 2. The lowest BCUT2D eigenvalue weighted by atomic mass is 9.98. The van der Waals surface area contributed by atoms with Crippen LogP contribution in [0.1, 0.15) is 30.5 Å². The summed E-state index contributed by atoms with van der Waals surface area (Å²) in [6.07, 6.45) is -3.46. The van der Waals surface area contributed by atoms with Gasteiger partial charge in [0.15, 0.2) is 0 Å². The van der Waals surface area contributed by atoms with Gasteiger partial charge in [0.25, 0.3) is 0 Å². The summed E-state index contributed by atoms with van der Waals surface area (Å²) in [5.41, 5.74) is 0.683. The largest absolute Gasteiger partial charge is 0.470 e. The second-order valence-electron chi connectivity index (χ2n) is 6.69. The first-order chi connectivity index (χ1) is 13.4. The molecule has 1 aromatic heterocycles. The van der Waals surface area contributed by atoms with Crippen molar-refractivity contribution in [2.45, 2.75) is 24.9 Å². The molecule has 3 aromatic rings. The van der Waals surface area contributed by atoms with E-state index in [0.29, 0.717) is 25.1 Å². The maximum absolute atomic E-state index is 12.7. The molecule has 0 saturated carbocycles. The summed E-state index contributed by atoms with van der Waals surface area (Å²) in [5.74, 6) is -1.87. The summed E-state index contributed by atoms with van der Waals surface area (Å²) < 4.78 is 42.8. The van der Waals surface area contributed by atoms with Crippen LogP contribution in [-0.4, -0.2) is 34.2 Å². The Bertz CT molecular complexity index is 997. The highest BCUT2D eigenvalue weighted by molar-refractivity contribution is 6.01. The topological polar surface area (TPSA) is 71.3 Å². The van der Waals surface area contributed by atoms with Crippen LogP contribution in [0, 0.1) is 0 Å². The molecule has 1 fully saturated rings. The molecule has 0 aliphatic carbocycles. The van der Waals surface area contributed by atoms with Gasteiger partial charge in [-0.05, 0) is 24.3 Å². The number of fused-ring (bicyclic) bond motifs is 1. The molecule has 1 aliphatic heterocycles. The zero-order chi connectivity index (χ0) is 19.7. The Kier molecular flexibility index (Phi) is 4.66. The highest BCUT2D eigenvalue weighted by Gasteiger charge is 2.39. The molecule has 0 radical (unpaired) electrons. The van der Waals surface area contributed by atoms with Gasteiger partial charge in [0.05, 0.1) is 11.6 Å². The molecule has 0 bridgehead atoms. The molecule has 9 heteroatoms. The monoisotopic (exact) mass is 390 g/mol. The van der Waals surface area contributed by atoms with Gasteiger partial charge in [0.1, 0.15) is 0 Å². The molecule has 28 heavy (non-hydrogen) atoms. The summed E-state index contributed by atoms with van der Waals surface area (Å²) in [6.45, 7) is 0.726. The zero-order valence-electron chi connectivity index (χ0n) is 14.7. The lowest BCUT2D eigenvalue weighted by Crippen LogP contribution is -2.41. The number of alkyl halides is 3. The van der Waals surface area contributed by atoms with Gasteiger partial charge in [0.2, 0.25) is 5.89 Å². The van der Waals surface area contributed by atoms with Crippen molar-refractivity contribution in [3.05, 3.63) is 54.2 Å². The van der Waals surface area contributed by atoms with Gasteiger partial charge in [0, 0.05) is 18.5 Å². The molecule has 2 amide bonds. The quantitative estimate of drug-likeness (QED) is 0.691. The Labute approximate surface area is 158 Å². The number of piperidine rings is 1. The standard InChI is InChI=1S/C19H17F3N4O2/c20-19(21,22)17-25-24-16(28-17)13-7-4-10-26(11-13)18(27)23-15-9-3-6-12-5-1-2-8-14(12)15/h1-3,5-6,8-9,13H,4,7,10-11H2,(H,23,27). The minimum absolute atomic E-state index is 0.0880. The van der Waals surface area contributed by atoms with Gasteiger partial charge in [-0.25, -0.2) is 4.79 Å². The average molecular weight is 390 g/mol. The molecule has 1 unspecified atom stereocenters. The summed E-state index contributed by atoms with van der Waals surface area (Å²) in [7, 11) is 0. The van der Waals surface area contributed by atoms with Crippen molar-refractivity contribution in [1.29, 1.82) is 0 Å².